The summed E-state index contributed by atoms with van der Waals surface area (Å²) in [5.41, 5.74) is 2.21. The van der Waals surface area contributed by atoms with Gasteiger partial charge in [0.05, 0.1) is 11.8 Å². The van der Waals surface area contributed by atoms with E-state index in [1.807, 2.05) is 36.4 Å². The van der Waals surface area contributed by atoms with Crippen molar-refractivity contribution in [3.63, 3.8) is 0 Å². The molecule has 3 heteroatoms. The van der Waals surface area contributed by atoms with Crippen molar-refractivity contribution >= 4 is 23.2 Å². The van der Waals surface area contributed by atoms with E-state index in [-0.39, 0.29) is 23.4 Å². The summed E-state index contributed by atoms with van der Waals surface area (Å²) in [5.74, 6) is -0.540. The van der Waals surface area contributed by atoms with Crippen molar-refractivity contribution in [3.8, 4) is 0 Å². The van der Waals surface area contributed by atoms with Crippen molar-refractivity contribution in [1.29, 1.82) is 0 Å². The second-order valence-electron chi connectivity index (χ2n) is 5.46. The zero-order chi connectivity index (χ0) is 15.0. The van der Waals surface area contributed by atoms with Crippen molar-refractivity contribution in [1.82, 2.24) is 0 Å². The van der Waals surface area contributed by atoms with Crippen molar-refractivity contribution in [3.05, 3.63) is 70.3 Å². The molecule has 3 rings (SSSR count). The monoisotopic (exact) mass is 298 g/mol. The number of Topliss-reactive ketones (excluding diaryl/α,β-unsaturated/α-hetero) is 2. The van der Waals surface area contributed by atoms with Gasteiger partial charge in [-0.15, -0.1) is 0 Å². The summed E-state index contributed by atoms with van der Waals surface area (Å²) >= 11 is 5.88. The first-order valence-electron chi connectivity index (χ1n) is 6.95. The maximum absolute atomic E-state index is 12.7. The van der Waals surface area contributed by atoms with Gasteiger partial charge in [0, 0.05) is 17.0 Å². The molecular formula is C18H15ClO2. The van der Waals surface area contributed by atoms with Gasteiger partial charge < -0.3 is 0 Å². The minimum atomic E-state index is -0.339. The number of allylic oxidation sites excluding steroid dienone is 6. The zero-order valence-electron chi connectivity index (χ0n) is 11.7. The lowest BCUT2D eigenvalue weighted by Gasteiger charge is -2.29. The van der Waals surface area contributed by atoms with Gasteiger partial charge in [-0.1, -0.05) is 48.0 Å². The molecule has 0 fully saturated rings. The molecule has 2 atom stereocenters. The van der Waals surface area contributed by atoms with E-state index in [1.165, 1.54) is 0 Å². The third kappa shape index (κ3) is 2.52. The summed E-state index contributed by atoms with van der Waals surface area (Å²) in [7, 11) is 0. The number of benzene rings is 1. The van der Waals surface area contributed by atoms with Crippen LogP contribution in [0.2, 0.25) is 5.02 Å². The van der Waals surface area contributed by atoms with E-state index in [1.54, 1.807) is 19.1 Å². The normalized spacial score (nSPS) is 24.5. The second kappa shape index (κ2) is 5.45. The summed E-state index contributed by atoms with van der Waals surface area (Å²) in [6.45, 7) is 1.76. The number of hydrogen-bond acceptors (Lipinski definition) is 2. The van der Waals surface area contributed by atoms with E-state index < -0.39 is 0 Å². The summed E-state index contributed by atoms with van der Waals surface area (Å²) < 4.78 is 0. The van der Waals surface area contributed by atoms with E-state index in [0.717, 1.165) is 5.56 Å². The number of halogens is 1. The Morgan fingerprint density at radius 1 is 0.952 bits per heavy atom. The predicted molar refractivity (Wildman–Crippen MR) is 83.1 cm³/mol. The Balaban J connectivity index is 1.96. The minimum Gasteiger partial charge on any atom is -0.294 e. The number of rotatable bonds is 2. The number of carbonyl (C=O) groups excluding carboxylic acids is 2. The summed E-state index contributed by atoms with van der Waals surface area (Å²) in [6, 6.07) is 7.38. The molecule has 0 radical (unpaired) electrons. The summed E-state index contributed by atoms with van der Waals surface area (Å²) in [5, 5.41) is 0.663. The van der Waals surface area contributed by atoms with Crippen molar-refractivity contribution in [2.75, 3.05) is 0 Å². The molecule has 0 heterocycles. The summed E-state index contributed by atoms with van der Waals surface area (Å²) in [4.78, 5) is 25.1. The Bertz CT molecular complexity index is 692. The van der Waals surface area contributed by atoms with Crippen LogP contribution < -0.4 is 0 Å². The van der Waals surface area contributed by atoms with Gasteiger partial charge in [0.15, 0.2) is 11.6 Å². The van der Waals surface area contributed by atoms with Crippen LogP contribution in [0.25, 0.3) is 0 Å². The molecule has 0 N–H and O–H groups in total. The van der Waals surface area contributed by atoms with E-state index in [2.05, 4.69) is 0 Å². The van der Waals surface area contributed by atoms with Crippen LogP contribution in [0, 0.1) is 11.8 Å². The van der Waals surface area contributed by atoms with Crippen LogP contribution >= 0.6 is 11.6 Å². The number of carbonyl (C=O) groups is 2. The lowest BCUT2D eigenvalue weighted by Crippen LogP contribution is -2.36. The Morgan fingerprint density at radius 3 is 2.14 bits per heavy atom. The maximum Gasteiger partial charge on any atom is 0.167 e. The molecule has 106 valence electrons. The Hall–Kier alpha value is -1.93. The highest BCUT2D eigenvalue weighted by Crippen LogP contribution is 2.34. The third-order valence-electron chi connectivity index (χ3n) is 4.15. The number of fused-ring (bicyclic) bond motifs is 1. The molecule has 1 aromatic rings. The second-order valence-corrected chi connectivity index (χ2v) is 5.89. The minimum absolute atomic E-state index is 0.0594. The largest absolute Gasteiger partial charge is 0.294 e. The molecule has 0 aliphatic heterocycles. The first-order chi connectivity index (χ1) is 10.1. The van der Waals surface area contributed by atoms with Gasteiger partial charge >= 0.3 is 0 Å². The van der Waals surface area contributed by atoms with Crippen LogP contribution in [0.3, 0.4) is 0 Å². The molecular weight excluding hydrogens is 284 g/mol. The fourth-order valence-electron chi connectivity index (χ4n) is 2.92. The van der Waals surface area contributed by atoms with E-state index in [4.69, 9.17) is 11.6 Å². The van der Waals surface area contributed by atoms with Gasteiger partial charge in [0.2, 0.25) is 0 Å². The molecule has 2 nitrogen and oxygen atoms in total. The van der Waals surface area contributed by atoms with Crippen LogP contribution in [0.5, 0.6) is 0 Å². The van der Waals surface area contributed by atoms with Gasteiger partial charge in [-0.25, -0.2) is 0 Å². The lowest BCUT2D eigenvalue weighted by atomic mass is 9.71. The Kier molecular flexibility index (Phi) is 3.64. The molecule has 0 aromatic heterocycles. The first-order valence-corrected chi connectivity index (χ1v) is 7.33. The molecule has 2 aliphatic rings. The molecule has 0 bridgehead atoms. The maximum atomic E-state index is 12.7. The Morgan fingerprint density at radius 2 is 1.52 bits per heavy atom. The van der Waals surface area contributed by atoms with E-state index in [9.17, 15) is 9.59 Å². The SMILES string of the molecule is CC1=C(Cc2ccc(Cl)cc2)C(=O)C2C=CC=CC2C1=O. The zero-order valence-corrected chi connectivity index (χ0v) is 12.4. The average molecular weight is 299 g/mol. The van der Waals surface area contributed by atoms with Gasteiger partial charge in [-0.05, 0) is 30.2 Å². The van der Waals surface area contributed by atoms with E-state index >= 15 is 0 Å². The highest BCUT2D eigenvalue weighted by molar-refractivity contribution is 6.30. The molecule has 2 aliphatic carbocycles. The molecule has 21 heavy (non-hydrogen) atoms. The van der Waals surface area contributed by atoms with E-state index in [0.29, 0.717) is 22.6 Å². The highest BCUT2D eigenvalue weighted by atomic mass is 35.5. The predicted octanol–water partition coefficient (Wildman–Crippen LogP) is 3.71. The number of hydrogen-bond donors (Lipinski definition) is 0. The van der Waals surface area contributed by atoms with Crippen LogP contribution in [0.15, 0.2) is 59.7 Å². The molecule has 0 spiro atoms. The Labute approximate surface area is 128 Å². The smallest absolute Gasteiger partial charge is 0.167 e. The molecule has 0 saturated carbocycles. The van der Waals surface area contributed by atoms with Crippen molar-refractivity contribution < 1.29 is 9.59 Å². The molecule has 0 amide bonds. The molecule has 2 unspecified atom stereocenters. The van der Waals surface area contributed by atoms with Crippen molar-refractivity contribution in [2.24, 2.45) is 11.8 Å². The quantitative estimate of drug-likeness (QED) is 0.834. The van der Waals surface area contributed by atoms with Gasteiger partial charge in [-0.3, -0.25) is 9.59 Å². The molecule has 0 saturated heterocycles. The highest BCUT2D eigenvalue weighted by Gasteiger charge is 2.39. The van der Waals surface area contributed by atoms with Gasteiger partial charge in [0.1, 0.15) is 0 Å². The first kappa shape index (κ1) is 14.0. The fraction of sp³-hybridized carbons (Fsp3) is 0.222. The lowest BCUT2D eigenvalue weighted by molar-refractivity contribution is -0.127. The fourth-order valence-corrected chi connectivity index (χ4v) is 3.04. The number of ketones is 2. The van der Waals surface area contributed by atoms with Crippen molar-refractivity contribution in [2.45, 2.75) is 13.3 Å². The van der Waals surface area contributed by atoms with Crippen LogP contribution in [0.1, 0.15) is 12.5 Å². The van der Waals surface area contributed by atoms with Gasteiger partial charge in [-0.2, -0.15) is 0 Å². The molecule has 1 aromatic carbocycles. The van der Waals surface area contributed by atoms with Gasteiger partial charge in [0.25, 0.3) is 0 Å². The van der Waals surface area contributed by atoms with Crippen LogP contribution in [0.4, 0.5) is 0 Å². The van der Waals surface area contributed by atoms with Crippen LogP contribution in [-0.4, -0.2) is 11.6 Å². The average Bonchev–Trinajstić information content (AvgIpc) is 2.51. The topological polar surface area (TPSA) is 34.1 Å². The standard InChI is InChI=1S/C18H15ClO2/c1-11-16(10-12-6-8-13(19)9-7-12)18(21)15-5-3-2-4-14(15)17(11)20/h2-9,14-15H,10H2,1H3. The summed E-state index contributed by atoms with van der Waals surface area (Å²) in [6.07, 6.45) is 7.82. The van der Waals surface area contributed by atoms with Crippen LogP contribution in [-0.2, 0) is 16.0 Å². The third-order valence-corrected chi connectivity index (χ3v) is 4.41.